The second-order valence-electron chi connectivity index (χ2n) is 2.98. The lowest BCUT2D eigenvalue weighted by atomic mass is 10.2. The van der Waals surface area contributed by atoms with Gasteiger partial charge in [-0.25, -0.2) is 9.79 Å². The highest BCUT2D eigenvalue weighted by molar-refractivity contribution is 9.10. The SMILES string of the molecule is NC(N)=NC(N)=Nc1ccc(Br)c(C(=O)O)c1. The largest absolute Gasteiger partial charge is 0.478 e. The third kappa shape index (κ3) is 3.76. The van der Waals surface area contributed by atoms with Gasteiger partial charge in [-0.1, -0.05) is 0 Å². The fourth-order valence-corrected chi connectivity index (χ4v) is 1.45. The van der Waals surface area contributed by atoms with Crippen LogP contribution in [0.4, 0.5) is 5.69 Å². The summed E-state index contributed by atoms with van der Waals surface area (Å²) in [7, 11) is 0. The molecule has 0 saturated heterocycles. The van der Waals surface area contributed by atoms with Crippen LogP contribution in [0.3, 0.4) is 0 Å². The second-order valence-corrected chi connectivity index (χ2v) is 3.83. The number of nitrogens with zero attached hydrogens (tertiary/aromatic N) is 2. The minimum Gasteiger partial charge on any atom is -0.478 e. The molecule has 0 amide bonds. The maximum atomic E-state index is 10.9. The number of guanidine groups is 2. The molecule has 0 aromatic heterocycles. The normalized spacial score (nSPS) is 11.0. The second kappa shape index (κ2) is 5.30. The maximum Gasteiger partial charge on any atom is 0.336 e. The van der Waals surface area contributed by atoms with Gasteiger partial charge in [0.2, 0.25) is 5.96 Å². The van der Waals surface area contributed by atoms with Crippen LogP contribution in [0.25, 0.3) is 0 Å². The van der Waals surface area contributed by atoms with Gasteiger partial charge in [0, 0.05) is 4.47 Å². The Morgan fingerprint density at radius 2 is 1.94 bits per heavy atom. The Hall–Kier alpha value is -2.09. The van der Waals surface area contributed by atoms with Crippen LogP contribution in [0, 0.1) is 0 Å². The molecule has 8 heteroatoms. The van der Waals surface area contributed by atoms with Gasteiger partial charge in [-0.3, -0.25) is 0 Å². The number of aliphatic imine (C=N–C) groups is 2. The quantitative estimate of drug-likeness (QED) is 0.461. The molecule has 7 nitrogen and oxygen atoms in total. The van der Waals surface area contributed by atoms with Gasteiger partial charge in [0.15, 0.2) is 5.96 Å². The smallest absolute Gasteiger partial charge is 0.336 e. The lowest BCUT2D eigenvalue weighted by Gasteiger charge is -2.01. The molecule has 0 aliphatic carbocycles. The average Bonchev–Trinajstić information content (AvgIpc) is 2.19. The number of nitrogens with two attached hydrogens (primary N) is 3. The van der Waals surface area contributed by atoms with Crippen molar-refractivity contribution in [3.05, 3.63) is 28.2 Å². The zero-order valence-corrected chi connectivity index (χ0v) is 10.2. The zero-order chi connectivity index (χ0) is 13.0. The summed E-state index contributed by atoms with van der Waals surface area (Å²) in [6.45, 7) is 0. The predicted molar refractivity (Wildman–Crippen MR) is 68.2 cm³/mol. The van der Waals surface area contributed by atoms with Crippen molar-refractivity contribution >= 4 is 39.5 Å². The highest BCUT2D eigenvalue weighted by atomic mass is 79.9. The van der Waals surface area contributed by atoms with Gasteiger partial charge in [-0.2, -0.15) is 4.99 Å². The summed E-state index contributed by atoms with van der Waals surface area (Å²) in [6, 6.07) is 4.47. The Morgan fingerprint density at radius 1 is 1.29 bits per heavy atom. The number of hydrogen-bond acceptors (Lipinski definition) is 2. The van der Waals surface area contributed by atoms with Crippen molar-refractivity contribution in [2.24, 2.45) is 27.2 Å². The monoisotopic (exact) mass is 299 g/mol. The average molecular weight is 300 g/mol. The molecule has 1 aromatic rings. The number of hydrogen-bond donors (Lipinski definition) is 4. The molecule has 0 atom stereocenters. The van der Waals surface area contributed by atoms with E-state index in [4.69, 9.17) is 22.3 Å². The summed E-state index contributed by atoms with van der Waals surface area (Å²) in [4.78, 5) is 18.2. The molecule has 17 heavy (non-hydrogen) atoms. The first-order chi connectivity index (χ1) is 7.90. The molecule has 90 valence electrons. The first kappa shape index (κ1) is 13.0. The number of carboxylic acids is 1. The number of halogens is 1. The van der Waals surface area contributed by atoms with Crippen molar-refractivity contribution in [1.82, 2.24) is 0 Å². The van der Waals surface area contributed by atoms with Gasteiger partial charge in [-0.05, 0) is 34.1 Å². The standard InChI is InChI=1S/C9H10BrN5O2/c10-6-2-1-4(3-5(6)7(16)17)14-9(13)15-8(11)12/h1-3H,(H,16,17)(H6,11,12,13,14,15). The molecule has 0 radical (unpaired) electrons. The summed E-state index contributed by atoms with van der Waals surface area (Å²) in [5.41, 5.74) is 16.1. The summed E-state index contributed by atoms with van der Waals surface area (Å²) in [6.07, 6.45) is 0. The Bertz CT molecular complexity index is 508. The maximum absolute atomic E-state index is 10.9. The van der Waals surface area contributed by atoms with Crippen molar-refractivity contribution in [2.45, 2.75) is 0 Å². The molecule has 0 bridgehead atoms. The van der Waals surface area contributed by atoms with Crippen molar-refractivity contribution in [3.8, 4) is 0 Å². The van der Waals surface area contributed by atoms with E-state index in [1.807, 2.05) is 0 Å². The summed E-state index contributed by atoms with van der Waals surface area (Å²) in [5, 5.41) is 8.89. The molecular weight excluding hydrogens is 290 g/mol. The van der Waals surface area contributed by atoms with Gasteiger partial charge in [0.1, 0.15) is 0 Å². The first-order valence-electron chi connectivity index (χ1n) is 4.37. The van der Waals surface area contributed by atoms with E-state index < -0.39 is 5.97 Å². The van der Waals surface area contributed by atoms with Crippen LogP contribution in [-0.4, -0.2) is 23.0 Å². The Labute approximate surface area is 105 Å². The van der Waals surface area contributed by atoms with E-state index >= 15 is 0 Å². The van der Waals surface area contributed by atoms with Gasteiger partial charge in [0.25, 0.3) is 0 Å². The molecule has 0 unspecified atom stereocenters. The summed E-state index contributed by atoms with van der Waals surface area (Å²) >= 11 is 3.11. The fourth-order valence-electron chi connectivity index (χ4n) is 1.04. The van der Waals surface area contributed by atoms with E-state index in [0.29, 0.717) is 10.2 Å². The molecule has 7 N–H and O–H groups in total. The Morgan fingerprint density at radius 3 is 2.47 bits per heavy atom. The number of benzene rings is 1. The Kier molecular flexibility index (Phi) is 4.05. The van der Waals surface area contributed by atoms with Crippen LogP contribution in [0.15, 0.2) is 32.7 Å². The van der Waals surface area contributed by atoms with Crippen LogP contribution in [0.2, 0.25) is 0 Å². The van der Waals surface area contributed by atoms with Crippen LogP contribution in [0.5, 0.6) is 0 Å². The molecule has 0 saturated carbocycles. The van der Waals surface area contributed by atoms with Crippen molar-refractivity contribution in [3.63, 3.8) is 0 Å². The number of carbonyl (C=O) groups is 1. The van der Waals surface area contributed by atoms with Crippen LogP contribution >= 0.6 is 15.9 Å². The van der Waals surface area contributed by atoms with Crippen molar-refractivity contribution in [1.29, 1.82) is 0 Å². The van der Waals surface area contributed by atoms with E-state index in [-0.39, 0.29) is 17.5 Å². The van der Waals surface area contributed by atoms with E-state index in [1.54, 1.807) is 12.1 Å². The van der Waals surface area contributed by atoms with Crippen LogP contribution in [0.1, 0.15) is 10.4 Å². The Balaban J connectivity index is 3.13. The topological polar surface area (TPSA) is 140 Å². The third-order valence-electron chi connectivity index (χ3n) is 1.67. The van der Waals surface area contributed by atoms with Gasteiger partial charge < -0.3 is 22.3 Å². The third-order valence-corrected chi connectivity index (χ3v) is 2.36. The van der Waals surface area contributed by atoms with Crippen molar-refractivity contribution < 1.29 is 9.90 Å². The lowest BCUT2D eigenvalue weighted by molar-refractivity contribution is 0.0696. The van der Waals surface area contributed by atoms with Gasteiger partial charge in [0.05, 0.1) is 11.3 Å². The summed E-state index contributed by atoms with van der Waals surface area (Å²) < 4.78 is 0.448. The van der Waals surface area contributed by atoms with E-state index in [2.05, 4.69) is 25.9 Å². The molecule has 1 rings (SSSR count). The molecular formula is C9H10BrN5O2. The number of carboxylic acid groups (broad SMARTS) is 1. The lowest BCUT2D eigenvalue weighted by Crippen LogP contribution is -2.26. The van der Waals surface area contributed by atoms with Crippen LogP contribution < -0.4 is 17.2 Å². The summed E-state index contributed by atoms with van der Waals surface area (Å²) in [5.74, 6) is -1.44. The first-order valence-corrected chi connectivity index (χ1v) is 5.16. The van der Waals surface area contributed by atoms with E-state index in [1.165, 1.54) is 6.07 Å². The highest BCUT2D eigenvalue weighted by Gasteiger charge is 2.08. The number of rotatable bonds is 2. The molecule has 0 spiro atoms. The molecule has 0 fully saturated rings. The minimum absolute atomic E-state index is 0.0729. The molecule has 1 aromatic carbocycles. The van der Waals surface area contributed by atoms with Gasteiger partial charge >= 0.3 is 5.97 Å². The highest BCUT2D eigenvalue weighted by Crippen LogP contribution is 2.22. The van der Waals surface area contributed by atoms with Crippen molar-refractivity contribution in [2.75, 3.05) is 0 Å². The van der Waals surface area contributed by atoms with E-state index in [0.717, 1.165) is 0 Å². The molecule has 0 aliphatic rings. The minimum atomic E-state index is -1.07. The fraction of sp³-hybridized carbons (Fsp3) is 0. The molecule has 0 heterocycles. The predicted octanol–water partition coefficient (Wildman–Crippen LogP) is 0.367. The van der Waals surface area contributed by atoms with E-state index in [9.17, 15) is 4.79 Å². The molecule has 0 aliphatic heterocycles. The van der Waals surface area contributed by atoms with Crippen LogP contribution in [-0.2, 0) is 0 Å². The van der Waals surface area contributed by atoms with Gasteiger partial charge in [-0.15, -0.1) is 0 Å². The zero-order valence-electron chi connectivity index (χ0n) is 8.59. The number of aromatic carboxylic acids is 1.